The quantitative estimate of drug-likeness (QED) is 0.488. The Morgan fingerprint density at radius 2 is 2.11 bits per heavy atom. The van der Waals surface area contributed by atoms with Crippen LogP contribution in [0.4, 0.5) is 5.88 Å². The number of hydrogen-bond acceptors (Lipinski definition) is 6. The van der Waals surface area contributed by atoms with Crippen LogP contribution in [-0.4, -0.2) is 39.2 Å². The minimum Gasteiger partial charge on any atom is -0.480 e. The van der Waals surface area contributed by atoms with Gasteiger partial charge < -0.3 is 19.9 Å². The minimum atomic E-state index is -1.53. The first kappa shape index (κ1) is 13.6. The molecular formula is C9H10N2O7. The number of rotatable bonds is 5. The normalized spacial score (nSPS) is 13.7. The molecule has 0 fully saturated rings. The third-order valence-corrected chi connectivity index (χ3v) is 2.03. The fourth-order valence-corrected chi connectivity index (χ4v) is 1.15. The smallest absolute Gasteiger partial charge is 0.433 e. The van der Waals surface area contributed by atoms with Crippen molar-refractivity contribution in [1.29, 1.82) is 0 Å². The Labute approximate surface area is 100 Å². The maximum Gasteiger partial charge on any atom is 0.433 e. The summed E-state index contributed by atoms with van der Waals surface area (Å²) in [6, 6.07) is 0.475. The van der Waals surface area contributed by atoms with Crippen molar-refractivity contribution >= 4 is 17.8 Å². The first-order valence-electron chi connectivity index (χ1n) is 4.79. The average Bonchev–Trinajstić information content (AvgIpc) is 2.73. The summed E-state index contributed by atoms with van der Waals surface area (Å²) >= 11 is 0. The number of amides is 1. The number of carbonyl (C=O) groups is 2. The summed E-state index contributed by atoms with van der Waals surface area (Å²) in [4.78, 5) is 31.7. The number of nitro groups is 1. The molecule has 0 saturated heterocycles. The molecule has 1 amide bonds. The highest BCUT2D eigenvalue weighted by Crippen LogP contribution is 2.15. The molecule has 2 unspecified atom stereocenters. The van der Waals surface area contributed by atoms with Crippen molar-refractivity contribution in [2.45, 2.75) is 19.1 Å². The summed E-state index contributed by atoms with van der Waals surface area (Å²) in [5.74, 6) is -3.44. The van der Waals surface area contributed by atoms with Crippen molar-refractivity contribution in [1.82, 2.24) is 5.32 Å². The van der Waals surface area contributed by atoms with E-state index in [0.717, 1.165) is 12.1 Å². The van der Waals surface area contributed by atoms with Gasteiger partial charge in [0.1, 0.15) is 4.92 Å². The van der Waals surface area contributed by atoms with Crippen LogP contribution in [0.15, 0.2) is 16.5 Å². The van der Waals surface area contributed by atoms with E-state index in [2.05, 4.69) is 4.42 Å². The molecule has 3 N–H and O–H groups in total. The molecular weight excluding hydrogens is 248 g/mol. The Balaban J connectivity index is 2.80. The van der Waals surface area contributed by atoms with Crippen LogP contribution in [0.25, 0.3) is 0 Å². The number of carboxylic acids is 1. The summed E-state index contributed by atoms with van der Waals surface area (Å²) in [5, 5.41) is 30.2. The van der Waals surface area contributed by atoms with Gasteiger partial charge in [0, 0.05) is 0 Å². The zero-order valence-corrected chi connectivity index (χ0v) is 9.19. The summed E-state index contributed by atoms with van der Waals surface area (Å²) in [6.07, 6.45) is -1.32. The van der Waals surface area contributed by atoms with Crippen molar-refractivity contribution in [3.8, 4) is 0 Å². The van der Waals surface area contributed by atoms with Gasteiger partial charge in [0.15, 0.2) is 11.8 Å². The van der Waals surface area contributed by atoms with Crippen LogP contribution in [0.2, 0.25) is 0 Å². The Morgan fingerprint density at radius 1 is 1.50 bits per heavy atom. The van der Waals surface area contributed by atoms with Gasteiger partial charge in [0.2, 0.25) is 0 Å². The van der Waals surface area contributed by atoms with Gasteiger partial charge in [-0.3, -0.25) is 14.9 Å². The Bertz CT molecular complexity index is 479. The van der Waals surface area contributed by atoms with E-state index in [1.165, 1.54) is 6.92 Å². The van der Waals surface area contributed by atoms with E-state index in [0.29, 0.717) is 0 Å². The molecule has 1 aromatic heterocycles. The van der Waals surface area contributed by atoms with E-state index < -0.39 is 40.6 Å². The van der Waals surface area contributed by atoms with Gasteiger partial charge in [-0.15, -0.1) is 0 Å². The standard InChI is InChI=1S/C9H10N2O7/c1-4(12)7(9(14)15)10-8(13)5-2-3-6(18-5)11(16)17/h2-4,7,12H,1H3,(H,10,13)(H,14,15). The molecule has 98 valence electrons. The lowest BCUT2D eigenvalue weighted by Gasteiger charge is -2.15. The summed E-state index contributed by atoms with van der Waals surface area (Å²) < 4.78 is 4.58. The first-order valence-corrected chi connectivity index (χ1v) is 4.79. The van der Waals surface area contributed by atoms with Gasteiger partial charge >= 0.3 is 11.9 Å². The summed E-state index contributed by atoms with van der Waals surface area (Å²) in [6.45, 7) is 1.18. The van der Waals surface area contributed by atoms with E-state index >= 15 is 0 Å². The molecule has 0 radical (unpaired) electrons. The number of nitrogens with zero attached hydrogens (tertiary/aromatic N) is 1. The molecule has 9 heteroatoms. The molecule has 0 bridgehead atoms. The molecule has 0 aromatic carbocycles. The zero-order valence-electron chi connectivity index (χ0n) is 9.19. The topological polar surface area (TPSA) is 143 Å². The number of carboxylic acid groups (broad SMARTS) is 1. The predicted molar refractivity (Wildman–Crippen MR) is 55.9 cm³/mol. The maximum absolute atomic E-state index is 11.5. The van der Waals surface area contributed by atoms with Crippen molar-refractivity contribution in [3.63, 3.8) is 0 Å². The largest absolute Gasteiger partial charge is 0.480 e. The number of carbonyl (C=O) groups excluding carboxylic acids is 1. The molecule has 0 aliphatic carbocycles. The zero-order chi connectivity index (χ0) is 13.9. The second-order valence-electron chi connectivity index (χ2n) is 3.42. The lowest BCUT2D eigenvalue weighted by atomic mass is 10.2. The van der Waals surface area contributed by atoms with Crippen molar-refractivity contribution in [2.75, 3.05) is 0 Å². The number of aliphatic hydroxyl groups excluding tert-OH is 1. The highest BCUT2D eigenvalue weighted by atomic mass is 16.6. The van der Waals surface area contributed by atoms with Crippen LogP contribution >= 0.6 is 0 Å². The molecule has 9 nitrogen and oxygen atoms in total. The minimum absolute atomic E-state index is 0.409. The van der Waals surface area contributed by atoms with Crippen LogP contribution in [-0.2, 0) is 4.79 Å². The van der Waals surface area contributed by atoms with Crippen molar-refractivity contribution in [3.05, 3.63) is 28.0 Å². The lowest BCUT2D eigenvalue weighted by Crippen LogP contribution is -2.47. The van der Waals surface area contributed by atoms with Crippen LogP contribution in [0.3, 0.4) is 0 Å². The Hall–Kier alpha value is -2.42. The van der Waals surface area contributed by atoms with Crippen LogP contribution < -0.4 is 5.32 Å². The van der Waals surface area contributed by atoms with Gasteiger partial charge in [-0.25, -0.2) is 4.79 Å². The van der Waals surface area contributed by atoms with Crippen LogP contribution in [0, 0.1) is 10.1 Å². The molecule has 2 atom stereocenters. The van der Waals surface area contributed by atoms with E-state index in [1.807, 2.05) is 5.32 Å². The highest BCUT2D eigenvalue weighted by molar-refractivity contribution is 5.94. The molecule has 1 heterocycles. The Kier molecular flexibility index (Phi) is 4.00. The van der Waals surface area contributed by atoms with Gasteiger partial charge in [-0.05, 0) is 13.0 Å². The molecule has 0 aliphatic heterocycles. The second kappa shape index (κ2) is 5.27. The van der Waals surface area contributed by atoms with Crippen LogP contribution in [0.1, 0.15) is 17.5 Å². The third kappa shape index (κ3) is 3.04. The average molecular weight is 258 g/mol. The highest BCUT2D eigenvalue weighted by Gasteiger charge is 2.27. The van der Waals surface area contributed by atoms with Gasteiger partial charge in [0.25, 0.3) is 5.91 Å². The fraction of sp³-hybridized carbons (Fsp3) is 0.333. The molecule has 1 aromatic rings. The molecule has 0 saturated carbocycles. The summed E-state index contributed by atoms with van der Waals surface area (Å²) in [5.41, 5.74) is 0. The van der Waals surface area contributed by atoms with Gasteiger partial charge in [-0.2, -0.15) is 0 Å². The molecule has 0 aliphatic rings. The molecule has 0 spiro atoms. The SMILES string of the molecule is CC(O)C(NC(=O)c1ccc([N+](=O)[O-])o1)C(=O)O. The van der Waals surface area contributed by atoms with Crippen molar-refractivity contribution < 1.29 is 29.1 Å². The molecule has 18 heavy (non-hydrogen) atoms. The lowest BCUT2D eigenvalue weighted by molar-refractivity contribution is -0.402. The van der Waals surface area contributed by atoms with E-state index in [1.54, 1.807) is 0 Å². The number of furan rings is 1. The van der Waals surface area contributed by atoms with Crippen LogP contribution in [0.5, 0.6) is 0 Å². The second-order valence-corrected chi connectivity index (χ2v) is 3.42. The number of nitrogens with one attached hydrogen (secondary N) is 1. The first-order chi connectivity index (χ1) is 8.32. The number of aliphatic carboxylic acids is 1. The maximum atomic E-state index is 11.5. The van der Waals surface area contributed by atoms with E-state index in [-0.39, 0.29) is 0 Å². The van der Waals surface area contributed by atoms with Crippen molar-refractivity contribution in [2.24, 2.45) is 0 Å². The van der Waals surface area contributed by atoms with E-state index in [4.69, 9.17) is 10.2 Å². The number of aliphatic hydroxyl groups is 1. The predicted octanol–water partition coefficient (Wildman–Crippen LogP) is -0.248. The van der Waals surface area contributed by atoms with Gasteiger partial charge in [0.05, 0.1) is 12.2 Å². The third-order valence-electron chi connectivity index (χ3n) is 2.03. The molecule has 1 rings (SSSR count). The summed E-state index contributed by atoms with van der Waals surface area (Å²) in [7, 11) is 0. The fourth-order valence-electron chi connectivity index (χ4n) is 1.15. The number of hydrogen-bond donors (Lipinski definition) is 3. The van der Waals surface area contributed by atoms with Gasteiger partial charge in [-0.1, -0.05) is 0 Å². The monoisotopic (exact) mass is 258 g/mol. The Morgan fingerprint density at radius 3 is 2.50 bits per heavy atom. The van der Waals surface area contributed by atoms with E-state index in [9.17, 15) is 19.7 Å².